The molecule has 1 rings (SSSR count). The molecule has 1 heterocycles. The van der Waals surface area contributed by atoms with Crippen molar-refractivity contribution in [3.63, 3.8) is 0 Å². The van der Waals surface area contributed by atoms with Crippen molar-refractivity contribution in [3.8, 4) is 0 Å². The fourth-order valence-electron chi connectivity index (χ4n) is 1.70. The lowest BCUT2D eigenvalue weighted by Crippen LogP contribution is -2.37. The average molecular weight is 259 g/mol. The molecule has 0 aromatic rings. The van der Waals surface area contributed by atoms with Crippen molar-refractivity contribution >= 4 is 11.9 Å². The van der Waals surface area contributed by atoms with Crippen LogP contribution < -0.4 is 5.32 Å². The predicted octanol–water partition coefficient (Wildman–Crippen LogP) is 0.250. The van der Waals surface area contributed by atoms with Crippen LogP contribution in [0.4, 0.5) is 0 Å². The molecule has 1 aliphatic rings. The quantitative estimate of drug-likeness (QED) is 0.632. The summed E-state index contributed by atoms with van der Waals surface area (Å²) in [4.78, 5) is 22.6. The Morgan fingerprint density at radius 3 is 2.72 bits per heavy atom. The zero-order valence-corrected chi connectivity index (χ0v) is 10.9. The molecule has 1 saturated heterocycles. The first-order valence-electron chi connectivity index (χ1n) is 6.32. The number of carbonyl (C=O) groups excluding carboxylic acids is 2. The van der Waals surface area contributed by atoms with Crippen LogP contribution in [0.5, 0.6) is 0 Å². The molecule has 0 bridgehead atoms. The zero-order valence-electron chi connectivity index (χ0n) is 10.9. The molecule has 6 heteroatoms. The third-order valence-electron chi connectivity index (χ3n) is 2.60. The van der Waals surface area contributed by atoms with Gasteiger partial charge in [-0.05, 0) is 20.3 Å². The van der Waals surface area contributed by atoms with Crippen LogP contribution in [0.25, 0.3) is 0 Å². The van der Waals surface area contributed by atoms with Crippen LogP contribution in [0.2, 0.25) is 0 Å². The lowest BCUT2D eigenvalue weighted by Gasteiger charge is -2.18. The van der Waals surface area contributed by atoms with Gasteiger partial charge in [0.1, 0.15) is 18.8 Å². The van der Waals surface area contributed by atoms with Gasteiger partial charge in [-0.1, -0.05) is 0 Å². The van der Waals surface area contributed by atoms with E-state index in [4.69, 9.17) is 14.2 Å². The van der Waals surface area contributed by atoms with Crippen molar-refractivity contribution in [1.29, 1.82) is 0 Å². The average Bonchev–Trinajstić information content (AvgIpc) is 2.79. The number of esters is 1. The summed E-state index contributed by atoms with van der Waals surface area (Å²) in [6.07, 6.45) is 0.631. The number of hydrogen-bond donors (Lipinski definition) is 1. The smallest absolute Gasteiger partial charge is 0.328 e. The van der Waals surface area contributed by atoms with E-state index in [2.05, 4.69) is 5.32 Å². The number of carbonyl (C=O) groups is 2. The van der Waals surface area contributed by atoms with Crippen molar-refractivity contribution in [2.75, 3.05) is 26.4 Å². The van der Waals surface area contributed by atoms with E-state index in [0.29, 0.717) is 32.7 Å². The SMILES string of the molecule is CCOCC(COC(=O)[C@@H]1CCC(=O)N1)OCC. The molecular formula is C12H21NO5. The van der Waals surface area contributed by atoms with Gasteiger partial charge in [-0.25, -0.2) is 4.79 Å². The van der Waals surface area contributed by atoms with Gasteiger partial charge in [0.05, 0.1) is 6.61 Å². The molecule has 0 aromatic heterocycles. The topological polar surface area (TPSA) is 73.9 Å². The van der Waals surface area contributed by atoms with Gasteiger partial charge < -0.3 is 19.5 Å². The minimum absolute atomic E-state index is 0.104. The monoisotopic (exact) mass is 259 g/mol. The summed E-state index contributed by atoms with van der Waals surface area (Å²) < 4.78 is 15.8. The van der Waals surface area contributed by atoms with Crippen LogP contribution in [0, 0.1) is 0 Å². The molecule has 1 fully saturated rings. The highest BCUT2D eigenvalue weighted by atomic mass is 16.6. The first kappa shape index (κ1) is 14.9. The Bertz CT molecular complexity index is 282. The second kappa shape index (κ2) is 8.05. The fourth-order valence-corrected chi connectivity index (χ4v) is 1.70. The molecule has 0 spiro atoms. The molecular weight excluding hydrogens is 238 g/mol. The third-order valence-corrected chi connectivity index (χ3v) is 2.60. The second-order valence-electron chi connectivity index (χ2n) is 4.03. The van der Waals surface area contributed by atoms with Gasteiger partial charge in [-0.15, -0.1) is 0 Å². The van der Waals surface area contributed by atoms with Gasteiger partial charge in [0.2, 0.25) is 5.91 Å². The van der Waals surface area contributed by atoms with Crippen molar-refractivity contribution in [3.05, 3.63) is 0 Å². The van der Waals surface area contributed by atoms with E-state index in [1.807, 2.05) is 13.8 Å². The van der Waals surface area contributed by atoms with Crippen molar-refractivity contribution < 1.29 is 23.8 Å². The molecule has 104 valence electrons. The van der Waals surface area contributed by atoms with Crippen molar-refractivity contribution in [2.45, 2.75) is 38.8 Å². The Morgan fingerprint density at radius 2 is 2.17 bits per heavy atom. The lowest BCUT2D eigenvalue weighted by molar-refractivity contribution is -0.152. The van der Waals surface area contributed by atoms with Gasteiger partial charge >= 0.3 is 5.97 Å². The standard InChI is InChI=1S/C12H21NO5/c1-3-16-7-9(17-4-2)8-18-12(15)10-5-6-11(14)13-10/h9-10H,3-8H2,1-2H3,(H,13,14)/t9?,10-/m0/s1. The molecule has 0 saturated carbocycles. The fraction of sp³-hybridized carbons (Fsp3) is 0.833. The van der Waals surface area contributed by atoms with E-state index in [1.165, 1.54) is 0 Å². The van der Waals surface area contributed by atoms with Crippen LogP contribution in [0.15, 0.2) is 0 Å². The first-order valence-corrected chi connectivity index (χ1v) is 6.32. The highest BCUT2D eigenvalue weighted by molar-refractivity contribution is 5.88. The van der Waals surface area contributed by atoms with E-state index in [9.17, 15) is 9.59 Å². The number of ether oxygens (including phenoxy) is 3. The minimum atomic E-state index is -0.508. The van der Waals surface area contributed by atoms with Gasteiger partial charge in [0, 0.05) is 19.6 Å². The third kappa shape index (κ3) is 5.01. The summed E-state index contributed by atoms with van der Waals surface area (Å²) in [5.74, 6) is -0.505. The normalized spacial score (nSPS) is 20.6. The molecule has 1 aliphatic heterocycles. The maximum absolute atomic E-state index is 11.6. The molecule has 0 aliphatic carbocycles. The van der Waals surface area contributed by atoms with Crippen LogP contribution in [0.3, 0.4) is 0 Å². The van der Waals surface area contributed by atoms with E-state index < -0.39 is 12.0 Å². The lowest BCUT2D eigenvalue weighted by atomic mass is 10.2. The highest BCUT2D eigenvalue weighted by Crippen LogP contribution is 2.08. The minimum Gasteiger partial charge on any atom is -0.461 e. The summed E-state index contributed by atoms with van der Waals surface area (Å²) >= 11 is 0. The summed E-state index contributed by atoms with van der Waals surface area (Å²) in [5, 5.41) is 2.57. The molecule has 6 nitrogen and oxygen atoms in total. The van der Waals surface area contributed by atoms with Crippen molar-refractivity contribution in [2.24, 2.45) is 0 Å². The van der Waals surface area contributed by atoms with Crippen LogP contribution in [-0.2, 0) is 23.8 Å². The Balaban J connectivity index is 2.27. The van der Waals surface area contributed by atoms with Crippen LogP contribution in [0.1, 0.15) is 26.7 Å². The Kier molecular flexibility index (Phi) is 6.67. The second-order valence-corrected chi connectivity index (χ2v) is 4.03. The van der Waals surface area contributed by atoms with Gasteiger partial charge in [-0.2, -0.15) is 0 Å². The first-order chi connectivity index (χ1) is 8.67. The summed E-state index contributed by atoms with van der Waals surface area (Å²) in [6, 6.07) is -0.508. The molecule has 1 amide bonds. The molecule has 2 atom stereocenters. The number of nitrogens with one attached hydrogen (secondary N) is 1. The summed E-state index contributed by atoms with van der Waals surface area (Å²) in [6.45, 7) is 5.44. The van der Waals surface area contributed by atoms with Gasteiger partial charge in [-0.3, -0.25) is 4.79 Å². The van der Waals surface area contributed by atoms with Gasteiger partial charge in [0.15, 0.2) is 0 Å². The maximum Gasteiger partial charge on any atom is 0.328 e. The number of rotatable bonds is 8. The highest BCUT2D eigenvalue weighted by Gasteiger charge is 2.29. The molecule has 0 aromatic carbocycles. The van der Waals surface area contributed by atoms with E-state index >= 15 is 0 Å². The van der Waals surface area contributed by atoms with Crippen LogP contribution in [-0.4, -0.2) is 50.4 Å². The predicted molar refractivity (Wildman–Crippen MR) is 64.0 cm³/mol. The zero-order chi connectivity index (χ0) is 13.4. The summed E-state index contributed by atoms with van der Waals surface area (Å²) in [7, 11) is 0. The van der Waals surface area contributed by atoms with E-state index in [0.717, 1.165) is 0 Å². The molecule has 18 heavy (non-hydrogen) atoms. The number of amides is 1. The van der Waals surface area contributed by atoms with E-state index in [-0.39, 0.29) is 18.6 Å². The van der Waals surface area contributed by atoms with E-state index in [1.54, 1.807) is 0 Å². The van der Waals surface area contributed by atoms with Crippen LogP contribution >= 0.6 is 0 Å². The molecule has 1 unspecified atom stereocenters. The van der Waals surface area contributed by atoms with Crippen molar-refractivity contribution in [1.82, 2.24) is 5.32 Å². The number of hydrogen-bond acceptors (Lipinski definition) is 5. The Hall–Kier alpha value is -1.14. The largest absolute Gasteiger partial charge is 0.461 e. The van der Waals surface area contributed by atoms with Gasteiger partial charge in [0.25, 0.3) is 0 Å². The Labute approximate surface area is 107 Å². The molecule has 1 N–H and O–H groups in total. The molecule has 0 radical (unpaired) electrons. The Morgan fingerprint density at radius 1 is 1.39 bits per heavy atom. The summed E-state index contributed by atoms with van der Waals surface area (Å²) in [5.41, 5.74) is 0. The maximum atomic E-state index is 11.6.